The monoisotopic (exact) mass is 563 g/mol. The number of rotatable bonds is 14. The van der Waals surface area contributed by atoms with Crippen LogP contribution in [0.3, 0.4) is 0 Å². The van der Waals surface area contributed by atoms with Gasteiger partial charge in [0.15, 0.2) is 11.5 Å². The molecule has 0 radical (unpaired) electrons. The van der Waals surface area contributed by atoms with Crippen LogP contribution in [-0.2, 0) is 35.1 Å². The normalized spacial score (nSPS) is 16.1. The Morgan fingerprint density at radius 3 is 1.45 bits per heavy atom. The average molecular weight is 564 g/mol. The second-order valence-corrected chi connectivity index (χ2v) is 11.8. The highest BCUT2D eigenvalue weighted by Gasteiger charge is 2.28. The minimum absolute atomic E-state index is 0.0445. The van der Waals surface area contributed by atoms with Gasteiger partial charge in [-0.1, -0.05) is 68.4 Å². The molecular weight excluding hydrogens is 514 g/mol. The lowest BCUT2D eigenvalue weighted by Gasteiger charge is -2.24. The van der Waals surface area contributed by atoms with Crippen molar-refractivity contribution in [3.63, 3.8) is 0 Å². The summed E-state index contributed by atoms with van der Waals surface area (Å²) in [6, 6.07) is 3.69. The van der Waals surface area contributed by atoms with Crippen LogP contribution >= 0.6 is 0 Å². The standard InChI is InChI=1S/C31H49NO8/c1-16(2)19(7)28(33)37-22(10)23(11)38-31(36)25(32)14-24-12-13-26(39-29(34)20(8)17(3)4)27(15-24)40-30(35)21(9)18(5)6/h12-13,15-23,25H,14,32H2,1-11H3/t19?,20?,21?,22?,23-,25-/m0/s1. The molecule has 0 fully saturated rings. The predicted molar refractivity (Wildman–Crippen MR) is 153 cm³/mol. The van der Waals surface area contributed by atoms with Crippen molar-refractivity contribution in [1.29, 1.82) is 0 Å². The van der Waals surface area contributed by atoms with Crippen LogP contribution < -0.4 is 15.2 Å². The van der Waals surface area contributed by atoms with E-state index in [4.69, 9.17) is 24.7 Å². The lowest BCUT2D eigenvalue weighted by molar-refractivity contribution is -0.169. The highest BCUT2D eigenvalue weighted by molar-refractivity contribution is 5.79. The smallest absolute Gasteiger partial charge is 0.323 e. The van der Waals surface area contributed by atoms with Crippen molar-refractivity contribution in [2.75, 3.05) is 0 Å². The molecule has 1 aromatic carbocycles. The molecule has 0 aromatic heterocycles. The Kier molecular flexibility index (Phi) is 13.8. The molecule has 0 amide bonds. The van der Waals surface area contributed by atoms with Gasteiger partial charge in [0, 0.05) is 0 Å². The van der Waals surface area contributed by atoms with E-state index < -0.39 is 36.2 Å². The highest BCUT2D eigenvalue weighted by atomic mass is 16.6. The van der Waals surface area contributed by atoms with E-state index in [1.807, 2.05) is 41.5 Å². The van der Waals surface area contributed by atoms with Crippen molar-refractivity contribution < 1.29 is 38.1 Å². The summed E-state index contributed by atoms with van der Waals surface area (Å²) in [4.78, 5) is 50.3. The zero-order valence-corrected chi connectivity index (χ0v) is 26.0. The van der Waals surface area contributed by atoms with Gasteiger partial charge in [-0.15, -0.1) is 0 Å². The molecular formula is C31H49NO8. The van der Waals surface area contributed by atoms with Crippen molar-refractivity contribution in [3.8, 4) is 11.5 Å². The first-order valence-electron chi connectivity index (χ1n) is 14.2. The molecule has 9 heteroatoms. The zero-order chi connectivity index (χ0) is 30.9. The van der Waals surface area contributed by atoms with Crippen molar-refractivity contribution in [1.82, 2.24) is 0 Å². The van der Waals surface area contributed by atoms with E-state index in [0.29, 0.717) is 5.56 Å². The third-order valence-electron chi connectivity index (χ3n) is 7.57. The predicted octanol–water partition coefficient (Wildman–Crippen LogP) is 5.11. The lowest BCUT2D eigenvalue weighted by atomic mass is 9.98. The first-order chi connectivity index (χ1) is 18.5. The summed E-state index contributed by atoms with van der Waals surface area (Å²) in [6.45, 7) is 20.1. The summed E-state index contributed by atoms with van der Waals surface area (Å²) in [7, 11) is 0. The van der Waals surface area contributed by atoms with Crippen molar-refractivity contribution in [3.05, 3.63) is 23.8 Å². The van der Waals surface area contributed by atoms with Gasteiger partial charge < -0.3 is 24.7 Å². The fourth-order valence-corrected chi connectivity index (χ4v) is 3.15. The number of esters is 4. The van der Waals surface area contributed by atoms with Gasteiger partial charge in [-0.3, -0.25) is 19.2 Å². The molecule has 0 aliphatic carbocycles. The molecule has 1 rings (SSSR count). The van der Waals surface area contributed by atoms with Crippen LogP contribution in [0.4, 0.5) is 0 Å². The fourth-order valence-electron chi connectivity index (χ4n) is 3.15. The molecule has 9 nitrogen and oxygen atoms in total. The fraction of sp³-hybridized carbons (Fsp3) is 0.677. The molecule has 0 saturated heterocycles. The maximum absolute atomic E-state index is 12.7. The van der Waals surface area contributed by atoms with E-state index in [-0.39, 0.29) is 59.4 Å². The summed E-state index contributed by atoms with van der Waals surface area (Å²) in [5, 5.41) is 0. The van der Waals surface area contributed by atoms with Gasteiger partial charge in [-0.05, 0) is 55.7 Å². The molecule has 6 atom stereocenters. The molecule has 0 spiro atoms. The Labute approximate surface area is 239 Å². The van der Waals surface area contributed by atoms with Crippen LogP contribution in [-0.4, -0.2) is 42.1 Å². The lowest BCUT2D eigenvalue weighted by Crippen LogP contribution is -2.40. The maximum Gasteiger partial charge on any atom is 0.323 e. The Balaban J connectivity index is 3.03. The van der Waals surface area contributed by atoms with Gasteiger partial charge in [0.25, 0.3) is 0 Å². The molecule has 40 heavy (non-hydrogen) atoms. The molecule has 0 bridgehead atoms. The SMILES string of the molecule is CC(C)C(C)C(=O)Oc1ccc(C[C@H](N)C(=O)O[C@@H](C)C(C)OC(=O)C(C)C(C)C)cc1OC(=O)C(C)C(C)C. The Morgan fingerprint density at radius 1 is 0.600 bits per heavy atom. The topological polar surface area (TPSA) is 131 Å². The second-order valence-electron chi connectivity index (χ2n) is 11.8. The van der Waals surface area contributed by atoms with E-state index in [1.165, 1.54) is 6.07 Å². The molecule has 0 heterocycles. The third kappa shape index (κ3) is 10.6. The average Bonchev–Trinajstić information content (AvgIpc) is 2.87. The maximum atomic E-state index is 12.7. The van der Waals surface area contributed by atoms with E-state index >= 15 is 0 Å². The highest BCUT2D eigenvalue weighted by Crippen LogP contribution is 2.31. The number of nitrogens with two attached hydrogens (primary N) is 1. The van der Waals surface area contributed by atoms with E-state index in [0.717, 1.165) is 0 Å². The van der Waals surface area contributed by atoms with E-state index in [2.05, 4.69) is 0 Å². The summed E-state index contributed by atoms with van der Waals surface area (Å²) in [5.74, 6) is -2.54. The van der Waals surface area contributed by atoms with Gasteiger partial charge in [0.05, 0.1) is 17.8 Å². The number of carbonyl (C=O) groups excluding carboxylic acids is 4. The Hall–Kier alpha value is -2.94. The first kappa shape index (κ1) is 35.1. The molecule has 1 aromatic rings. The van der Waals surface area contributed by atoms with Crippen LogP contribution in [0.25, 0.3) is 0 Å². The van der Waals surface area contributed by atoms with E-state index in [1.54, 1.807) is 46.8 Å². The van der Waals surface area contributed by atoms with Crippen LogP contribution in [0, 0.1) is 35.5 Å². The van der Waals surface area contributed by atoms with E-state index in [9.17, 15) is 19.2 Å². The first-order valence-corrected chi connectivity index (χ1v) is 14.2. The summed E-state index contributed by atoms with van der Waals surface area (Å²) in [5.41, 5.74) is 6.73. The summed E-state index contributed by atoms with van der Waals surface area (Å²) in [6.07, 6.45) is -1.29. The van der Waals surface area contributed by atoms with Gasteiger partial charge >= 0.3 is 23.9 Å². The van der Waals surface area contributed by atoms with Crippen LogP contribution in [0.1, 0.15) is 81.7 Å². The molecule has 0 aliphatic rings. The van der Waals surface area contributed by atoms with Gasteiger partial charge in [0.2, 0.25) is 0 Å². The minimum atomic E-state index is -1.03. The van der Waals surface area contributed by atoms with Crippen LogP contribution in [0.5, 0.6) is 11.5 Å². The molecule has 4 unspecified atom stereocenters. The number of hydrogen-bond donors (Lipinski definition) is 1. The Morgan fingerprint density at radius 2 is 1.00 bits per heavy atom. The number of hydrogen-bond acceptors (Lipinski definition) is 9. The minimum Gasteiger partial charge on any atom is -0.459 e. The largest absolute Gasteiger partial charge is 0.459 e. The zero-order valence-electron chi connectivity index (χ0n) is 26.0. The quantitative estimate of drug-likeness (QED) is 0.242. The second kappa shape index (κ2) is 15.7. The number of benzene rings is 1. The van der Waals surface area contributed by atoms with Crippen LogP contribution in [0.15, 0.2) is 18.2 Å². The van der Waals surface area contributed by atoms with Crippen molar-refractivity contribution in [2.24, 2.45) is 41.2 Å². The molecule has 2 N–H and O–H groups in total. The third-order valence-corrected chi connectivity index (χ3v) is 7.57. The van der Waals surface area contributed by atoms with Crippen LogP contribution in [0.2, 0.25) is 0 Å². The van der Waals surface area contributed by atoms with Crippen molar-refractivity contribution >= 4 is 23.9 Å². The van der Waals surface area contributed by atoms with Gasteiger partial charge in [-0.2, -0.15) is 0 Å². The molecule has 0 aliphatic heterocycles. The summed E-state index contributed by atoms with van der Waals surface area (Å²) < 4.78 is 22.1. The van der Waals surface area contributed by atoms with Gasteiger partial charge in [0.1, 0.15) is 18.2 Å². The van der Waals surface area contributed by atoms with Gasteiger partial charge in [-0.25, -0.2) is 0 Å². The molecule has 226 valence electrons. The number of carbonyl (C=O) groups is 4. The Bertz CT molecular complexity index is 1020. The number of ether oxygens (including phenoxy) is 4. The van der Waals surface area contributed by atoms with Crippen molar-refractivity contribution in [2.45, 2.75) is 101 Å². The molecule has 0 saturated carbocycles. The summed E-state index contributed by atoms with van der Waals surface area (Å²) >= 11 is 0.